The van der Waals surface area contributed by atoms with Crippen molar-refractivity contribution in [3.8, 4) is 0 Å². The standard InChI is InChI=1S/C12H20N4O/c1-7(2)4-8(3)16-11-5-9(12(14)17)10(13)6-15-11/h5-8H,4,13H2,1-3H3,(H2,14,17)(H,15,16). The highest BCUT2D eigenvalue weighted by Crippen LogP contribution is 2.16. The zero-order chi connectivity index (χ0) is 13.0. The molecule has 94 valence electrons. The van der Waals surface area contributed by atoms with Gasteiger partial charge in [0.05, 0.1) is 17.4 Å². The molecule has 1 unspecified atom stereocenters. The first-order valence-corrected chi connectivity index (χ1v) is 5.72. The third-order valence-corrected chi connectivity index (χ3v) is 2.42. The number of hydrogen-bond donors (Lipinski definition) is 3. The highest BCUT2D eigenvalue weighted by Gasteiger charge is 2.10. The molecule has 0 radical (unpaired) electrons. The van der Waals surface area contributed by atoms with E-state index in [-0.39, 0.29) is 6.04 Å². The van der Waals surface area contributed by atoms with E-state index >= 15 is 0 Å². The van der Waals surface area contributed by atoms with Gasteiger partial charge in [-0.2, -0.15) is 0 Å². The molecule has 1 atom stereocenters. The number of anilines is 2. The monoisotopic (exact) mass is 236 g/mol. The predicted molar refractivity (Wildman–Crippen MR) is 69.7 cm³/mol. The SMILES string of the molecule is CC(C)CC(C)Nc1cc(C(N)=O)c(N)cn1. The Morgan fingerprint density at radius 3 is 2.65 bits per heavy atom. The van der Waals surface area contributed by atoms with E-state index in [1.54, 1.807) is 6.07 Å². The Labute approximate surface area is 102 Å². The van der Waals surface area contributed by atoms with Gasteiger partial charge in [-0.15, -0.1) is 0 Å². The van der Waals surface area contributed by atoms with Crippen molar-refractivity contribution in [3.05, 3.63) is 17.8 Å². The molecule has 1 aromatic heterocycles. The van der Waals surface area contributed by atoms with E-state index in [1.165, 1.54) is 6.20 Å². The maximum Gasteiger partial charge on any atom is 0.250 e. The Hall–Kier alpha value is -1.78. The fourth-order valence-electron chi connectivity index (χ4n) is 1.78. The van der Waals surface area contributed by atoms with Gasteiger partial charge in [0, 0.05) is 6.04 Å². The predicted octanol–water partition coefficient (Wildman–Crippen LogP) is 1.61. The number of hydrogen-bond acceptors (Lipinski definition) is 4. The molecule has 5 N–H and O–H groups in total. The van der Waals surface area contributed by atoms with Crippen LogP contribution in [0.5, 0.6) is 0 Å². The minimum absolute atomic E-state index is 0.284. The second-order valence-electron chi connectivity index (χ2n) is 4.70. The first kappa shape index (κ1) is 13.3. The van der Waals surface area contributed by atoms with Crippen molar-refractivity contribution in [3.63, 3.8) is 0 Å². The molecule has 1 rings (SSSR count). The van der Waals surface area contributed by atoms with Crippen LogP contribution in [0.25, 0.3) is 0 Å². The largest absolute Gasteiger partial charge is 0.397 e. The first-order valence-electron chi connectivity index (χ1n) is 5.72. The molecule has 0 aliphatic rings. The summed E-state index contributed by atoms with van der Waals surface area (Å²) in [5.41, 5.74) is 11.4. The van der Waals surface area contributed by atoms with Gasteiger partial charge in [-0.3, -0.25) is 4.79 Å². The van der Waals surface area contributed by atoms with Gasteiger partial charge in [-0.05, 0) is 25.3 Å². The summed E-state index contributed by atoms with van der Waals surface area (Å²) in [5, 5.41) is 3.22. The molecular weight excluding hydrogens is 216 g/mol. The first-order chi connectivity index (χ1) is 7.90. The number of rotatable bonds is 5. The molecule has 1 aromatic rings. The van der Waals surface area contributed by atoms with Crippen molar-refractivity contribution < 1.29 is 4.79 Å². The van der Waals surface area contributed by atoms with Crippen molar-refractivity contribution in [1.29, 1.82) is 0 Å². The number of aromatic nitrogens is 1. The smallest absolute Gasteiger partial charge is 0.250 e. The van der Waals surface area contributed by atoms with Gasteiger partial charge in [0.1, 0.15) is 5.82 Å². The summed E-state index contributed by atoms with van der Waals surface area (Å²) in [6.07, 6.45) is 2.47. The topological polar surface area (TPSA) is 94.0 Å². The minimum atomic E-state index is -0.538. The highest BCUT2D eigenvalue weighted by molar-refractivity contribution is 5.98. The van der Waals surface area contributed by atoms with Crippen molar-refractivity contribution in [1.82, 2.24) is 4.98 Å². The Morgan fingerprint density at radius 1 is 1.47 bits per heavy atom. The highest BCUT2D eigenvalue weighted by atomic mass is 16.1. The van der Waals surface area contributed by atoms with Crippen LogP contribution in [0.4, 0.5) is 11.5 Å². The van der Waals surface area contributed by atoms with Crippen LogP contribution in [-0.4, -0.2) is 16.9 Å². The number of nitrogens with two attached hydrogens (primary N) is 2. The average molecular weight is 236 g/mol. The number of nitrogen functional groups attached to an aromatic ring is 1. The molecule has 0 aromatic carbocycles. The van der Waals surface area contributed by atoms with E-state index in [0.29, 0.717) is 23.0 Å². The molecule has 0 fully saturated rings. The van der Waals surface area contributed by atoms with Gasteiger partial charge < -0.3 is 16.8 Å². The molecule has 0 saturated carbocycles. The van der Waals surface area contributed by atoms with E-state index in [2.05, 4.69) is 31.1 Å². The Bertz CT molecular complexity index is 403. The van der Waals surface area contributed by atoms with Gasteiger partial charge in [-0.1, -0.05) is 13.8 Å². The molecule has 1 amide bonds. The Balaban J connectivity index is 2.79. The van der Waals surface area contributed by atoms with Gasteiger partial charge in [-0.25, -0.2) is 4.98 Å². The summed E-state index contributed by atoms with van der Waals surface area (Å²) >= 11 is 0. The lowest BCUT2D eigenvalue weighted by atomic mass is 10.1. The summed E-state index contributed by atoms with van der Waals surface area (Å²) in [6, 6.07) is 1.88. The molecule has 0 aliphatic heterocycles. The molecule has 0 bridgehead atoms. The average Bonchev–Trinajstić information content (AvgIpc) is 2.19. The van der Waals surface area contributed by atoms with Crippen LogP contribution in [0.3, 0.4) is 0 Å². The normalized spacial score (nSPS) is 12.5. The number of nitrogens with zero attached hydrogens (tertiary/aromatic N) is 1. The summed E-state index contributed by atoms with van der Waals surface area (Å²) < 4.78 is 0. The molecule has 0 spiro atoms. The molecule has 5 heteroatoms. The van der Waals surface area contributed by atoms with Crippen LogP contribution >= 0.6 is 0 Å². The molecule has 5 nitrogen and oxygen atoms in total. The number of carbonyl (C=O) groups is 1. The number of nitrogens with one attached hydrogen (secondary N) is 1. The number of amides is 1. The number of carbonyl (C=O) groups excluding carboxylic acids is 1. The van der Waals surface area contributed by atoms with Crippen molar-refractivity contribution in [2.45, 2.75) is 33.2 Å². The maximum absolute atomic E-state index is 11.1. The minimum Gasteiger partial charge on any atom is -0.397 e. The van der Waals surface area contributed by atoms with Gasteiger partial charge >= 0.3 is 0 Å². The zero-order valence-electron chi connectivity index (χ0n) is 10.5. The Kier molecular flexibility index (Phi) is 4.31. The van der Waals surface area contributed by atoms with Crippen LogP contribution in [0.15, 0.2) is 12.3 Å². The fraction of sp³-hybridized carbons (Fsp3) is 0.500. The second-order valence-corrected chi connectivity index (χ2v) is 4.70. The van der Waals surface area contributed by atoms with E-state index in [1.807, 2.05) is 0 Å². The number of primary amides is 1. The van der Waals surface area contributed by atoms with Crippen molar-refractivity contribution >= 4 is 17.4 Å². The molecule has 0 saturated heterocycles. The lowest BCUT2D eigenvalue weighted by Gasteiger charge is -2.17. The lowest BCUT2D eigenvalue weighted by Crippen LogP contribution is -2.20. The molecule has 0 aliphatic carbocycles. The van der Waals surface area contributed by atoms with Crippen molar-refractivity contribution in [2.75, 3.05) is 11.1 Å². The van der Waals surface area contributed by atoms with Crippen LogP contribution in [0, 0.1) is 5.92 Å². The third-order valence-electron chi connectivity index (χ3n) is 2.42. The van der Waals surface area contributed by atoms with E-state index < -0.39 is 5.91 Å². The summed E-state index contributed by atoms with van der Waals surface area (Å²) in [4.78, 5) is 15.2. The number of pyridine rings is 1. The summed E-state index contributed by atoms with van der Waals surface area (Å²) in [6.45, 7) is 6.38. The van der Waals surface area contributed by atoms with Crippen LogP contribution in [0.1, 0.15) is 37.6 Å². The lowest BCUT2D eigenvalue weighted by molar-refractivity contribution is 0.100. The van der Waals surface area contributed by atoms with Gasteiger partial charge in [0.15, 0.2) is 0 Å². The van der Waals surface area contributed by atoms with Crippen LogP contribution < -0.4 is 16.8 Å². The van der Waals surface area contributed by atoms with E-state index in [4.69, 9.17) is 11.5 Å². The third kappa shape index (κ3) is 3.94. The Morgan fingerprint density at radius 2 is 2.12 bits per heavy atom. The van der Waals surface area contributed by atoms with Crippen LogP contribution in [-0.2, 0) is 0 Å². The summed E-state index contributed by atoms with van der Waals surface area (Å²) in [5.74, 6) is 0.688. The molecule has 17 heavy (non-hydrogen) atoms. The quantitative estimate of drug-likeness (QED) is 0.724. The summed E-state index contributed by atoms with van der Waals surface area (Å²) in [7, 11) is 0. The van der Waals surface area contributed by atoms with E-state index in [9.17, 15) is 4.79 Å². The maximum atomic E-state index is 11.1. The van der Waals surface area contributed by atoms with Gasteiger partial charge in [0.25, 0.3) is 5.91 Å². The zero-order valence-corrected chi connectivity index (χ0v) is 10.5. The van der Waals surface area contributed by atoms with E-state index in [0.717, 1.165) is 6.42 Å². The molecular formula is C12H20N4O. The van der Waals surface area contributed by atoms with Crippen LogP contribution in [0.2, 0.25) is 0 Å². The fourth-order valence-corrected chi connectivity index (χ4v) is 1.78. The molecule has 1 heterocycles. The second kappa shape index (κ2) is 5.52. The van der Waals surface area contributed by atoms with Crippen molar-refractivity contribution in [2.24, 2.45) is 11.7 Å². The van der Waals surface area contributed by atoms with Gasteiger partial charge in [0.2, 0.25) is 0 Å².